The number of esters is 2. The average molecular weight is 788 g/mol. The summed E-state index contributed by atoms with van der Waals surface area (Å²) in [5, 5.41) is 2.83. The van der Waals surface area contributed by atoms with Gasteiger partial charge in [0.05, 0.1) is 13.2 Å². The van der Waals surface area contributed by atoms with Crippen molar-refractivity contribution in [1.82, 2.24) is 5.32 Å². The van der Waals surface area contributed by atoms with Gasteiger partial charge in [0.15, 0.2) is 6.10 Å². The Balaban J connectivity index is 4.17. The van der Waals surface area contributed by atoms with Crippen molar-refractivity contribution in [2.75, 3.05) is 33.4 Å². The summed E-state index contributed by atoms with van der Waals surface area (Å²) in [4.78, 5) is 35.1. The highest BCUT2D eigenvalue weighted by Gasteiger charge is 2.26. The van der Waals surface area contributed by atoms with Crippen LogP contribution in [0.4, 0.5) is 0 Å². The van der Waals surface area contributed by atoms with Crippen LogP contribution in [0.5, 0.6) is 0 Å². The molecule has 10 heteroatoms. The maximum absolute atomic E-state index is 12.6. The third-order valence-electron chi connectivity index (χ3n) is 9.89. The maximum atomic E-state index is 12.6. The van der Waals surface area contributed by atoms with Crippen molar-refractivity contribution in [3.8, 4) is 0 Å². The smallest absolute Gasteiger partial charge is 0.462 e. The van der Waals surface area contributed by atoms with E-state index < -0.39 is 26.5 Å². The molecule has 0 bridgehead atoms. The molecule has 0 aliphatic carbocycles. The standard InChI is InChI=1S/C44H86NO8P/c1-4-6-8-10-12-14-16-18-20-21-23-24-26-28-30-32-34-36-43(46)50-40-42(41-52-54(48,49)51-39-38-45-3)53-44(47)37-35-33-31-29-27-25-22-19-17-15-13-11-9-7-5-2/h19,22,42,45H,4-18,20-21,23-41H2,1-3H3,(H,48,49)/b22-19-. The molecule has 0 saturated heterocycles. The number of nitrogens with one attached hydrogen (secondary N) is 1. The Morgan fingerprint density at radius 2 is 0.944 bits per heavy atom. The van der Waals surface area contributed by atoms with Gasteiger partial charge in [-0.05, 0) is 45.6 Å². The lowest BCUT2D eigenvalue weighted by atomic mass is 10.0. The molecule has 0 aromatic carbocycles. The number of ether oxygens (including phenoxy) is 2. The third kappa shape index (κ3) is 40.4. The summed E-state index contributed by atoms with van der Waals surface area (Å²) in [7, 11) is -2.64. The zero-order valence-corrected chi connectivity index (χ0v) is 36.3. The normalized spacial score (nSPS) is 13.3. The summed E-state index contributed by atoms with van der Waals surface area (Å²) in [5.41, 5.74) is 0. The predicted octanol–water partition coefficient (Wildman–Crippen LogP) is 12.9. The lowest BCUT2D eigenvalue weighted by Gasteiger charge is -2.20. The quantitative estimate of drug-likeness (QED) is 0.0269. The lowest BCUT2D eigenvalue weighted by molar-refractivity contribution is -0.161. The van der Waals surface area contributed by atoms with Crippen LogP contribution in [-0.4, -0.2) is 56.3 Å². The first kappa shape index (κ1) is 52.8. The zero-order chi connectivity index (χ0) is 39.6. The first-order valence-corrected chi connectivity index (χ1v) is 24.1. The molecule has 2 atom stereocenters. The van der Waals surface area contributed by atoms with E-state index in [1.807, 2.05) is 0 Å². The maximum Gasteiger partial charge on any atom is 0.472 e. The molecule has 0 saturated carbocycles. The van der Waals surface area contributed by atoms with Crippen LogP contribution in [0.1, 0.15) is 219 Å². The summed E-state index contributed by atoms with van der Waals surface area (Å²) in [6, 6.07) is 0. The summed E-state index contributed by atoms with van der Waals surface area (Å²) in [5.74, 6) is -0.805. The predicted molar refractivity (Wildman–Crippen MR) is 225 cm³/mol. The fourth-order valence-electron chi connectivity index (χ4n) is 6.43. The molecule has 0 spiro atoms. The second kappa shape index (κ2) is 41.4. The van der Waals surface area contributed by atoms with E-state index in [1.165, 1.54) is 135 Å². The Morgan fingerprint density at radius 3 is 1.37 bits per heavy atom. The van der Waals surface area contributed by atoms with Crippen molar-refractivity contribution in [2.24, 2.45) is 0 Å². The summed E-state index contributed by atoms with van der Waals surface area (Å²) in [6.07, 6.45) is 41.1. The molecule has 9 nitrogen and oxygen atoms in total. The van der Waals surface area contributed by atoms with Crippen LogP contribution in [0.2, 0.25) is 0 Å². The minimum Gasteiger partial charge on any atom is -0.462 e. The van der Waals surface area contributed by atoms with Gasteiger partial charge in [-0.2, -0.15) is 0 Å². The Bertz CT molecular complexity index is 902. The molecule has 2 N–H and O–H groups in total. The molecule has 320 valence electrons. The second-order valence-corrected chi connectivity index (χ2v) is 16.7. The molecule has 0 aromatic rings. The highest BCUT2D eigenvalue weighted by molar-refractivity contribution is 7.47. The van der Waals surface area contributed by atoms with Gasteiger partial charge in [0.25, 0.3) is 0 Å². The number of carbonyl (C=O) groups excluding carboxylic acids is 2. The van der Waals surface area contributed by atoms with Crippen molar-refractivity contribution in [3.63, 3.8) is 0 Å². The largest absolute Gasteiger partial charge is 0.472 e. The van der Waals surface area contributed by atoms with E-state index in [9.17, 15) is 19.0 Å². The minimum atomic E-state index is -4.35. The molecule has 0 fully saturated rings. The highest BCUT2D eigenvalue weighted by Crippen LogP contribution is 2.43. The highest BCUT2D eigenvalue weighted by atomic mass is 31.2. The van der Waals surface area contributed by atoms with Gasteiger partial charge in [0.2, 0.25) is 0 Å². The van der Waals surface area contributed by atoms with E-state index in [2.05, 4.69) is 31.3 Å². The molecule has 0 heterocycles. The van der Waals surface area contributed by atoms with E-state index in [0.717, 1.165) is 51.4 Å². The number of allylic oxidation sites excluding steroid dienone is 2. The number of carbonyl (C=O) groups is 2. The molecule has 0 amide bonds. The van der Waals surface area contributed by atoms with E-state index in [-0.39, 0.29) is 25.6 Å². The topological polar surface area (TPSA) is 120 Å². The van der Waals surface area contributed by atoms with Crippen LogP contribution in [-0.2, 0) is 32.7 Å². The Labute approximate surface area is 332 Å². The van der Waals surface area contributed by atoms with Crippen LogP contribution in [0.15, 0.2) is 12.2 Å². The Morgan fingerprint density at radius 1 is 0.556 bits per heavy atom. The van der Waals surface area contributed by atoms with Crippen molar-refractivity contribution >= 4 is 19.8 Å². The number of phosphoric ester groups is 1. The third-order valence-corrected chi connectivity index (χ3v) is 10.9. The van der Waals surface area contributed by atoms with E-state index in [1.54, 1.807) is 7.05 Å². The first-order valence-electron chi connectivity index (χ1n) is 22.6. The fraction of sp³-hybridized carbons (Fsp3) is 0.909. The van der Waals surface area contributed by atoms with E-state index >= 15 is 0 Å². The van der Waals surface area contributed by atoms with Crippen molar-refractivity contribution in [3.05, 3.63) is 12.2 Å². The average Bonchev–Trinajstić information content (AvgIpc) is 3.15. The van der Waals surface area contributed by atoms with Crippen LogP contribution in [0.3, 0.4) is 0 Å². The van der Waals surface area contributed by atoms with E-state index in [4.69, 9.17) is 18.5 Å². The minimum absolute atomic E-state index is 0.0153. The van der Waals surface area contributed by atoms with Gasteiger partial charge in [0.1, 0.15) is 6.61 Å². The van der Waals surface area contributed by atoms with Crippen molar-refractivity contribution < 1.29 is 37.6 Å². The fourth-order valence-corrected chi connectivity index (χ4v) is 7.18. The molecule has 0 aliphatic rings. The number of phosphoric acid groups is 1. The molecular weight excluding hydrogens is 701 g/mol. The zero-order valence-electron chi connectivity index (χ0n) is 35.4. The Kier molecular flexibility index (Phi) is 40.4. The monoisotopic (exact) mass is 788 g/mol. The van der Waals surface area contributed by atoms with Gasteiger partial charge >= 0.3 is 19.8 Å². The molecule has 0 aromatic heterocycles. The van der Waals surface area contributed by atoms with Gasteiger partial charge in [-0.3, -0.25) is 18.6 Å². The second-order valence-electron chi connectivity index (χ2n) is 15.2. The van der Waals surface area contributed by atoms with Gasteiger partial charge in [0, 0.05) is 19.4 Å². The molecule has 0 aliphatic heterocycles. The van der Waals surface area contributed by atoms with Crippen LogP contribution >= 0.6 is 7.82 Å². The summed E-state index contributed by atoms with van der Waals surface area (Å²) < 4.78 is 33.2. The van der Waals surface area contributed by atoms with Gasteiger partial charge in [-0.1, -0.05) is 180 Å². The van der Waals surface area contributed by atoms with Crippen LogP contribution < -0.4 is 5.32 Å². The molecule has 0 radical (unpaired) electrons. The van der Waals surface area contributed by atoms with Gasteiger partial charge in [-0.15, -0.1) is 0 Å². The number of hydrogen-bond acceptors (Lipinski definition) is 8. The van der Waals surface area contributed by atoms with Gasteiger partial charge in [-0.25, -0.2) is 4.57 Å². The summed E-state index contributed by atoms with van der Waals surface area (Å²) >= 11 is 0. The number of hydrogen-bond donors (Lipinski definition) is 2. The van der Waals surface area contributed by atoms with Crippen LogP contribution in [0, 0.1) is 0 Å². The molecule has 54 heavy (non-hydrogen) atoms. The molecule has 2 unspecified atom stereocenters. The molecule has 0 rings (SSSR count). The van der Waals surface area contributed by atoms with Crippen molar-refractivity contribution in [2.45, 2.75) is 225 Å². The SMILES string of the molecule is CCCCCCCC/C=C\CCCCCCCC(=O)OC(COC(=O)CCCCCCCCCCCCCCCCCCC)COP(=O)(O)OCCNC. The summed E-state index contributed by atoms with van der Waals surface area (Å²) in [6.45, 7) is 4.24. The van der Waals surface area contributed by atoms with E-state index in [0.29, 0.717) is 19.4 Å². The molecular formula is C44H86NO8P. The Hall–Kier alpha value is -1.25. The number of unbranched alkanes of at least 4 members (excludes halogenated alkanes) is 27. The number of rotatable bonds is 43. The van der Waals surface area contributed by atoms with Gasteiger partial charge < -0.3 is 19.7 Å². The number of likely N-dealkylation sites (N-methyl/N-ethyl adjacent to an activating group) is 1. The van der Waals surface area contributed by atoms with Crippen molar-refractivity contribution in [1.29, 1.82) is 0 Å². The van der Waals surface area contributed by atoms with Crippen LogP contribution in [0.25, 0.3) is 0 Å². The first-order chi connectivity index (χ1) is 26.3. The lowest BCUT2D eigenvalue weighted by Crippen LogP contribution is -2.29.